The van der Waals surface area contributed by atoms with Crippen LogP contribution in [0, 0.1) is 0 Å². The molecule has 0 bridgehead atoms. The van der Waals surface area contributed by atoms with Crippen molar-refractivity contribution in [2.45, 2.75) is 62.0 Å². The molecule has 12 heteroatoms. The van der Waals surface area contributed by atoms with Crippen LogP contribution in [0.3, 0.4) is 0 Å². The number of ether oxygens (including phenoxy) is 3. The minimum Gasteiger partial charge on any atom is -0.451 e. The number of hydrogen-bond acceptors (Lipinski definition) is 12. The number of carbonyl (C=O) groups excluding carboxylic acids is 1. The van der Waals surface area contributed by atoms with Gasteiger partial charge < -0.3 is 55.1 Å². The molecule has 0 aliphatic carbocycles. The Morgan fingerprint density at radius 3 is 2.11 bits per heavy atom. The van der Waals surface area contributed by atoms with E-state index >= 15 is 0 Å². The minimum atomic E-state index is -1.91. The second-order valence-electron chi connectivity index (χ2n) is 6.45. The summed E-state index contributed by atoms with van der Waals surface area (Å²) in [6.45, 7) is 2.11. The number of rotatable bonds is 10. The lowest BCUT2D eigenvalue weighted by Gasteiger charge is -2.43. The molecule has 0 amide bonds. The number of aliphatic hydroxyl groups excluding tert-OH is 8. The van der Waals surface area contributed by atoms with Crippen LogP contribution in [0.1, 0.15) is 6.92 Å². The Labute approximate surface area is 160 Å². The number of aliphatic hydroxyl groups is 8. The van der Waals surface area contributed by atoms with Crippen LogP contribution in [0.4, 0.5) is 0 Å². The van der Waals surface area contributed by atoms with Gasteiger partial charge >= 0.3 is 5.97 Å². The van der Waals surface area contributed by atoms with Gasteiger partial charge in [0, 0.05) is 5.57 Å². The molecule has 0 aromatic heterocycles. The van der Waals surface area contributed by atoms with E-state index in [4.69, 9.17) is 24.4 Å². The Bertz CT molecular complexity index is 514. The van der Waals surface area contributed by atoms with E-state index in [0.29, 0.717) is 0 Å². The maximum atomic E-state index is 11.8. The van der Waals surface area contributed by atoms with Crippen molar-refractivity contribution in [3.05, 3.63) is 12.2 Å². The maximum Gasteiger partial charge on any atom is 0.333 e. The molecule has 1 aliphatic rings. The van der Waals surface area contributed by atoms with Gasteiger partial charge in [-0.3, -0.25) is 0 Å². The van der Waals surface area contributed by atoms with Gasteiger partial charge in [-0.15, -0.1) is 0 Å². The summed E-state index contributed by atoms with van der Waals surface area (Å²) in [5, 5.41) is 77.2. The van der Waals surface area contributed by atoms with Crippen LogP contribution >= 0.6 is 0 Å². The third-order valence-corrected chi connectivity index (χ3v) is 4.19. The van der Waals surface area contributed by atoms with Crippen LogP contribution in [0.15, 0.2) is 12.2 Å². The van der Waals surface area contributed by atoms with Gasteiger partial charge in [-0.2, -0.15) is 0 Å². The summed E-state index contributed by atoms with van der Waals surface area (Å²) in [6, 6.07) is 0. The van der Waals surface area contributed by atoms with Crippen molar-refractivity contribution in [1.82, 2.24) is 0 Å². The average Bonchev–Trinajstić information content (AvgIpc) is 2.68. The van der Waals surface area contributed by atoms with Crippen LogP contribution in [-0.4, -0.2) is 122 Å². The molecule has 0 aromatic rings. The largest absolute Gasteiger partial charge is 0.451 e. The second-order valence-corrected chi connectivity index (χ2v) is 6.45. The van der Waals surface area contributed by atoms with Crippen molar-refractivity contribution < 1.29 is 59.9 Å². The summed E-state index contributed by atoms with van der Waals surface area (Å²) in [5.41, 5.74) is -0.0487. The molecule has 1 rings (SSSR count). The molecule has 0 aromatic carbocycles. The third-order valence-electron chi connectivity index (χ3n) is 4.19. The molecule has 8 N–H and O–H groups in total. The van der Waals surface area contributed by atoms with Crippen molar-refractivity contribution in [1.29, 1.82) is 0 Å². The third kappa shape index (κ3) is 5.90. The van der Waals surface area contributed by atoms with E-state index in [1.165, 1.54) is 6.92 Å². The van der Waals surface area contributed by atoms with Crippen LogP contribution in [0.25, 0.3) is 0 Å². The van der Waals surface area contributed by atoms with E-state index in [9.17, 15) is 35.4 Å². The molecule has 0 radical (unpaired) electrons. The van der Waals surface area contributed by atoms with Gasteiger partial charge in [0.2, 0.25) is 0 Å². The smallest absolute Gasteiger partial charge is 0.333 e. The highest BCUT2D eigenvalue weighted by Crippen LogP contribution is 2.27. The number of hydrogen-bond donors (Lipinski definition) is 8. The SMILES string of the molecule is C=C(C)C(=O)O[C@H]1[C@H](O[C@@H]([C@H](O)[C@@H](O)CO)[C@H](O)CO)O[C@H](CO)[C@H](O)[C@@H]1O. The molecule has 0 saturated carbocycles. The summed E-state index contributed by atoms with van der Waals surface area (Å²) < 4.78 is 15.6. The van der Waals surface area contributed by atoms with Crippen LogP contribution in [0.5, 0.6) is 0 Å². The predicted octanol–water partition coefficient (Wildman–Crippen LogP) is -4.63. The first-order valence-electron chi connectivity index (χ1n) is 8.49. The molecule has 28 heavy (non-hydrogen) atoms. The lowest BCUT2D eigenvalue weighted by atomic mass is 9.98. The quantitative estimate of drug-likeness (QED) is 0.126. The van der Waals surface area contributed by atoms with Crippen molar-refractivity contribution >= 4 is 5.97 Å². The van der Waals surface area contributed by atoms with Gasteiger partial charge in [0.25, 0.3) is 0 Å². The normalized spacial score (nSPS) is 32.2. The van der Waals surface area contributed by atoms with Gasteiger partial charge in [-0.05, 0) is 6.92 Å². The second kappa shape index (κ2) is 11.1. The Balaban J connectivity index is 3.15. The van der Waals surface area contributed by atoms with Crippen LogP contribution in [-0.2, 0) is 19.0 Å². The summed E-state index contributed by atoms with van der Waals surface area (Å²) in [4.78, 5) is 11.8. The average molecular weight is 412 g/mol. The zero-order chi connectivity index (χ0) is 21.6. The van der Waals surface area contributed by atoms with Crippen molar-refractivity contribution in [3.63, 3.8) is 0 Å². The highest BCUT2D eigenvalue weighted by molar-refractivity contribution is 5.87. The molecule has 1 saturated heterocycles. The van der Waals surface area contributed by atoms with Gasteiger partial charge in [-0.25, -0.2) is 4.79 Å². The zero-order valence-electron chi connectivity index (χ0n) is 15.2. The van der Waals surface area contributed by atoms with Crippen molar-refractivity contribution in [2.75, 3.05) is 19.8 Å². The molecule has 164 valence electrons. The van der Waals surface area contributed by atoms with E-state index in [2.05, 4.69) is 6.58 Å². The van der Waals surface area contributed by atoms with Gasteiger partial charge in [0.05, 0.1) is 19.8 Å². The Hall–Kier alpha value is -1.19. The first-order chi connectivity index (χ1) is 13.1. The predicted molar refractivity (Wildman–Crippen MR) is 89.5 cm³/mol. The number of carbonyl (C=O) groups is 1. The summed E-state index contributed by atoms with van der Waals surface area (Å²) in [7, 11) is 0. The monoisotopic (exact) mass is 412 g/mol. The highest BCUT2D eigenvalue weighted by Gasteiger charge is 2.49. The summed E-state index contributed by atoms with van der Waals surface area (Å²) >= 11 is 0. The van der Waals surface area contributed by atoms with E-state index < -0.39 is 80.9 Å². The summed E-state index contributed by atoms with van der Waals surface area (Å²) in [6.07, 6.45) is -15.4. The van der Waals surface area contributed by atoms with Crippen LogP contribution < -0.4 is 0 Å². The minimum absolute atomic E-state index is 0.0487. The fourth-order valence-corrected chi connectivity index (χ4v) is 2.50. The molecule has 1 aliphatic heterocycles. The van der Waals surface area contributed by atoms with Crippen molar-refractivity contribution in [2.24, 2.45) is 0 Å². The summed E-state index contributed by atoms with van der Waals surface area (Å²) in [5.74, 6) is -0.967. The standard InChI is InChI=1S/C16H28O12/c1-6(2)15(25)27-14-12(24)11(23)9(5-19)26-16(14)28-13(8(21)4-18)10(22)7(20)3-17/h7-14,16-24H,1,3-5H2,2H3/t7-,8+,9+,10+,11-,12-,13+,14+,16-/m0/s1. The molecular weight excluding hydrogens is 384 g/mol. The topological polar surface area (TPSA) is 207 Å². The molecule has 1 fully saturated rings. The van der Waals surface area contributed by atoms with E-state index in [1.54, 1.807) is 0 Å². The van der Waals surface area contributed by atoms with E-state index in [1.807, 2.05) is 0 Å². The molecule has 9 atom stereocenters. The fraction of sp³-hybridized carbons (Fsp3) is 0.812. The first kappa shape index (κ1) is 24.8. The fourth-order valence-electron chi connectivity index (χ4n) is 2.50. The molecule has 0 unspecified atom stereocenters. The highest BCUT2D eigenvalue weighted by atomic mass is 16.7. The van der Waals surface area contributed by atoms with Gasteiger partial charge in [0.1, 0.15) is 42.7 Å². The zero-order valence-corrected chi connectivity index (χ0v) is 15.2. The van der Waals surface area contributed by atoms with Gasteiger partial charge in [0.15, 0.2) is 12.4 Å². The Kier molecular flexibility index (Phi) is 9.86. The lowest BCUT2D eigenvalue weighted by Crippen LogP contribution is -2.62. The molecule has 12 nitrogen and oxygen atoms in total. The Morgan fingerprint density at radius 2 is 1.64 bits per heavy atom. The van der Waals surface area contributed by atoms with Gasteiger partial charge in [-0.1, -0.05) is 6.58 Å². The van der Waals surface area contributed by atoms with E-state index in [0.717, 1.165) is 0 Å². The lowest BCUT2D eigenvalue weighted by molar-refractivity contribution is -0.328. The Morgan fingerprint density at radius 1 is 1.07 bits per heavy atom. The molecular formula is C16H28O12. The van der Waals surface area contributed by atoms with Crippen molar-refractivity contribution in [3.8, 4) is 0 Å². The maximum absolute atomic E-state index is 11.8. The molecule has 0 spiro atoms. The van der Waals surface area contributed by atoms with Crippen LogP contribution in [0.2, 0.25) is 0 Å². The van der Waals surface area contributed by atoms with E-state index in [-0.39, 0.29) is 5.57 Å². The number of esters is 1. The first-order valence-corrected chi connectivity index (χ1v) is 8.49. The molecule has 1 heterocycles.